The standard InChI is InChI=1S/C17H20FN3O/c18-15-5-3-14(4-6-15)17(7-1-8-17)16(22)20-9-2-11-21-12-10-19-13-21/h3-6,10,12-13H,1-2,7-9,11H2,(H,20,22). The van der Waals surface area contributed by atoms with Crippen LogP contribution in [0.5, 0.6) is 0 Å². The van der Waals surface area contributed by atoms with Crippen LogP contribution in [-0.4, -0.2) is 22.0 Å². The van der Waals surface area contributed by atoms with Gasteiger partial charge in [-0.05, 0) is 37.0 Å². The summed E-state index contributed by atoms with van der Waals surface area (Å²) < 4.78 is 15.1. The van der Waals surface area contributed by atoms with Crippen LogP contribution in [0.3, 0.4) is 0 Å². The first-order valence-corrected chi connectivity index (χ1v) is 7.71. The molecule has 1 fully saturated rings. The Kier molecular flexibility index (Phi) is 4.22. The number of rotatable bonds is 6. The fourth-order valence-electron chi connectivity index (χ4n) is 3.00. The molecule has 4 nitrogen and oxygen atoms in total. The lowest BCUT2D eigenvalue weighted by molar-refractivity contribution is -0.129. The number of carbonyl (C=O) groups excluding carboxylic acids is 1. The van der Waals surface area contributed by atoms with E-state index in [-0.39, 0.29) is 11.7 Å². The second kappa shape index (κ2) is 6.30. The Bertz CT molecular complexity index is 618. The molecule has 0 saturated heterocycles. The monoisotopic (exact) mass is 301 g/mol. The second-order valence-corrected chi connectivity index (χ2v) is 5.85. The molecule has 5 heteroatoms. The highest BCUT2D eigenvalue weighted by atomic mass is 19.1. The zero-order chi connectivity index (χ0) is 15.4. The van der Waals surface area contributed by atoms with E-state index in [0.29, 0.717) is 6.54 Å². The van der Waals surface area contributed by atoms with Gasteiger partial charge in [-0.2, -0.15) is 0 Å². The van der Waals surface area contributed by atoms with Crippen LogP contribution >= 0.6 is 0 Å². The molecule has 0 bridgehead atoms. The van der Waals surface area contributed by atoms with Crippen LogP contribution in [0.1, 0.15) is 31.2 Å². The van der Waals surface area contributed by atoms with Gasteiger partial charge in [0.05, 0.1) is 11.7 Å². The molecular formula is C17H20FN3O. The molecule has 0 unspecified atom stereocenters. The van der Waals surface area contributed by atoms with Crippen molar-refractivity contribution < 1.29 is 9.18 Å². The smallest absolute Gasteiger partial charge is 0.230 e. The van der Waals surface area contributed by atoms with Crippen LogP contribution in [0.15, 0.2) is 43.0 Å². The van der Waals surface area contributed by atoms with Crippen molar-refractivity contribution in [1.82, 2.24) is 14.9 Å². The number of hydrogen-bond donors (Lipinski definition) is 1. The molecule has 0 aliphatic heterocycles. The average Bonchev–Trinajstić information content (AvgIpc) is 2.98. The van der Waals surface area contributed by atoms with E-state index < -0.39 is 5.41 Å². The molecule has 1 aliphatic rings. The molecule has 2 aromatic rings. The third-order valence-electron chi connectivity index (χ3n) is 4.48. The van der Waals surface area contributed by atoms with Gasteiger partial charge in [-0.1, -0.05) is 18.6 Å². The number of benzene rings is 1. The van der Waals surface area contributed by atoms with Gasteiger partial charge in [0.2, 0.25) is 5.91 Å². The van der Waals surface area contributed by atoms with Crippen molar-refractivity contribution in [2.45, 2.75) is 37.6 Å². The van der Waals surface area contributed by atoms with Crippen molar-refractivity contribution in [3.05, 3.63) is 54.4 Å². The summed E-state index contributed by atoms with van der Waals surface area (Å²) in [6.45, 7) is 1.48. The summed E-state index contributed by atoms with van der Waals surface area (Å²) in [7, 11) is 0. The predicted molar refractivity (Wildman–Crippen MR) is 81.8 cm³/mol. The minimum atomic E-state index is -0.456. The van der Waals surface area contributed by atoms with Crippen molar-refractivity contribution in [2.75, 3.05) is 6.54 Å². The van der Waals surface area contributed by atoms with E-state index in [2.05, 4.69) is 10.3 Å². The number of nitrogens with one attached hydrogen (secondary N) is 1. The number of aryl methyl sites for hydroxylation is 1. The number of carbonyl (C=O) groups is 1. The molecule has 1 amide bonds. The van der Waals surface area contributed by atoms with E-state index in [1.165, 1.54) is 12.1 Å². The van der Waals surface area contributed by atoms with Crippen molar-refractivity contribution >= 4 is 5.91 Å². The first-order chi connectivity index (χ1) is 10.7. The highest BCUT2D eigenvalue weighted by Gasteiger charge is 2.45. The van der Waals surface area contributed by atoms with Crippen molar-refractivity contribution in [1.29, 1.82) is 0 Å². The van der Waals surface area contributed by atoms with Crippen molar-refractivity contribution in [2.24, 2.45) is 0 Å². The van der Waals surface area contributed by atoms with Crippen LogP contribution < -0.4 is 5.32 Å². The van der Waals surface area contributed by atoms with E-state index in [0.717, 1.165) is 37.8 Å². The summed E-state index contributed by atoms with van der Waals surface area (Å²) in [5.74, 6) is -0.199. The first kappa shape index (κ1) is 14.8. The normalized spacial score (nSPS) is 16.0. The summed E-state index contributed by atoms with van der Waals surface area (Å²) in [5.41, 5.74) is 0.468. The third-order valence-corrected chi connectivity index (χ3v) is 4.48. The lowest BCUT2D eigenvalue weighted by Gasteiger charge is -2.40. The van der Waals surface area contributed by atoms with Gasteiger partial charge in [0.25, 0.3) is 0 Å². The Hall–Kier alpha value is -2.17. The van der Waals surface area contributed by atoms with Gasteiger partial charge in [-0.15, -0.1) is 0 Å². The van der Waals surface area contributed by atoms with Crippen molar-refractivity contribution in [3.63, 3.8) is 0 Å². The van der Waals surface area contributed by atoms with Crippen LogP contribution in [-0.2, 0) is 16.8 Å². The van der Waals surface area contributed by atoms with Gasteiger partial charge in [-0.3, -0.25) is 4.79 Å². The quantitative estimate of drug-likeness (QED) is 0.834. The number of halogens is 1. The fourth-order valence-corrected chi connectivity index (χ4v) is 3.00. The molecule has 1 aromatic carbocycles. The maximum absolute atomic E-state index is 13.1. The maximum atomic E-state index is 13.1. The van der Waals surface area contributed by atoms with Crippen LogP contribution in [0, 0.1) is 5.82 Å². The predicted octanol–water partition coefficient (Wildman–Crippen LogP) is 2.65. The molecule has 1 aromatic heterocycles. The van der Waals surface area contributed by atoms with Crippen molar-refractivity contribution in [3.8, 4) is 0 Å². The minimum absolute atomic E-state index is 0.0657. The summed E-state index contributed by atoms with van der Waals surface area (Å²) in [6.07, 6.45) is 9.01. The molecule has 0 atom stereocenters. The zero-order valence-electron chi connectivity index (χ0n) is 12.5. The molecule has 22 heavy (non-hydrogen) atoms. The molecular weight excluding hydrogens is 281 g/mol. The Labute approximate surface area is 129 Å². The largest absolute Gasteiger partial charge is 0.355 e. The zero-order valence-corrected chi connectivity index (χ0v) is 12.5. The third kappa shape index (κ3) is 2.89. The molecule has 3 rings (SSSR count). The second-order valence-electron chi connectivity index (χ2n) is 5.85. The number of aromatic nitrogens is 2. The molecule has 1 aliphatic carbocycles. The topological polar surface area (TPSA) is 46.9 Å². The van der Waals surface area contributed by atoms with E-state index >= 15 is 0 Å². The van der Waals surface area contributed by atoms with E-state index in [1.54, 1.807) is 24.7 Å². The molecule has 1 saturated carbocycles. The van der Waals surface area contributed by atoms with Crippen LogP contribution in [0.2, 0.25) is 0 Å². The van der Waals surface area contributed by atoms with Crippen LogP contribution in [0.4, 0.5) is 4.39 Å². The Morgan fingerprint density at radius 2 is 2.09 bits per heavy atom. The van der Waals surface area contributed by atoms with Crippen LogP contribution in [0.25, 0.3) is 0 Å². The van der Waals surface area contributed by atoms with Gasteiger partial charge in [0.1, 0.15) is 5.82 Å². The summed E-state index contributed by atoms with van der Waals surface area (Å²) in [5, 5.41) is 3.03. The number of nitrogens with zero attached hydrogens (tertiary/aromatic N) is 2. The summed E-state index contributed by atoms with van der Waals surface area (Å²) in [6, 6.07) is 6.34. The van der Waals surface area contributed by atoms with Gasteiger partial charge < -0.3 is 9.88 Å². The van der Waals surface area contributed by atoms with E-state index in [9.17, 15) is 9.18 Å². The molecule has 116 valence electrons. The summed E-state index contributed by atoms with van der Waals surface area (Å²) >= 11 is 0. The van der Waals surface area contributed by atoms with Gasteiger partial charge in [0.15, 0.2) is 0 Å². The maximum Gasteiger partial charge on any atom is 0.230 e. The van der Waals surface area contributed by atoms with Gasteiger partial charge >= 0.3 is 0 Å². The Balaban J connectivity index is 1.56. The Morgan fingerprint density at radius 1 is 1.32 bits per heavy atom. The van der Waals surface area contributed by atoms with Gasteiger partial charge in [-0.25, -0.2) is 9.37 Å². The average molecular weight is 301 g/mol. The SMILES string of the molecule is O=C(NCCCn1ccnc1)C1(c2ccc(F)cc2)CCC1. The molecule has 1 heterocycles. The highest BCUT2D eigenvalue weighted by Crippen LogP contribution is 2.43. The fraction of sp³-hybridized carbons (Fsp3) is 0.412. The number of imidazole rings is 1. The summed E-state index contributed by atoms with van der Waals surface area (Å²) in [4.78, 5) is 16.6. The first-order valence-electron chi connectivity index (χ1n) is 7.71. The molecule has 1 N–H and O–H groups in total. The highest BCUT2D eigenvalue weighted by molar-refractivity contribution is 5.89. The molecule has 0 radical (unpaired) electrons. The van der Waals surface area contributed by atoms with Gasteiger partial charge in [0, 0.05) is 25.5 Å². The van der Waals surface area contributed by atoms with E-state index in [1.807, 2.05) is 10.8 Å². The lowest BCUT2D eigenvalue weighted by Crippen LogP contribution is -2.49. The lowest BCUT2D eigenvalue weighted by atomic mass is 9.64. The number of hydrogen-bond acceptors (Lipinski definition) is 2. The minimum Gasteiger partial charge on any atom is -0.355 e. The van der Waals surface area contributed by atoms with E-state index in [4.69, 9.17) is 0 Å². The molecule has 0 spiro atoms. The number of amides is 1. The Morgan fingerprint density at radius 3 is 2.68 bits per heavy atom.